The minimum Gasteiger partial charge on any atom is -0.507 e. The van der Waals surface area contributed by atoms with Crippen LogP contribution in [-0.2, 0) is 4.79 Å². The highest BCUT2D eigenvalue weighted by Gasteiger charge is 2.22. The maximum absolute atomic E-state index is 11.8. The molecular weight excluding hydrogens is 224 g/mol. The molecule has 0 aliphatic rings. The van der Waals surface area contributed by atoms with Gasteiger partial charge in [-0.2, -0.15) is 0 Å². The maximum Gasteiger partial charge on any atom is 0.177 e. The van der Waals surface area contributed by atoms with Crippen LogP contribution in [-0.4, -0.2) is 30.9 Å². The summed E-state index contributed by atoms with van der Waals surface area (Å²) in [4.78, 5) is 22.7. The number of aromatic hydroxyl groups is 1. The summed E-state index contributed by atoms with van der Waals surface area (Å²) >= 11 is 0. The minimum atomic E-state index is -0.495. The first-order valence-corrected chi connectivity index (χ1v) is 4.97. The van der Waals surface area contributed by atoms with Crippen LogP contribution in [0.3, 0.4) is 0 Å². The number of methoxy groups -OCH3 is 2. The number of ether oxygens (including phenoxy) is 2. The van der Waals surface area contributed by atoms with Gasteiger partial charge in [0, 0.05) is 0 Å². The van der Waals surface area contributed by atoms with Gasteiger partial charge in [-0.05, 0) is 19.1 Å². The SMILES string of the molecule is COc1ccc(O)c(C(=O)CC(C)=O)c1OC. The lowest BCUT2D eigenvalue weighted by atomic mass is 10.0. The number of phenolic OH excluding ortho intramolecular Hbond substituents is 1. The molecule has 0 aliphatic heterocycles. The van der Waals surface area contributed by atoms with Gasteiger partial charge in [-0.15, -0.1) is 0 Å². The fraction of sp³-hybridized carbons (Fsp3) is 0.333. The Balaban J connectivity index is 3.29. The molecule has 0 aliphatic carbocycles. The molecule has 17 heavy (non-hydrogen) atoms. The van der Waals surface area contributed by atoms with E-state index in [1.165, 1.54) is 33.3 Å². The van der Waals surface area contributed by atoms with Gasteiger partial charge in [0.15, 0.2) is 17.3 Å². The van der Waals surface area contributed by atoms with E-state index in [1.54, 1.807) is 0 Å². The molecule has 0 unspecified atom stereocenters. The molecular formula is C12H14O5. The Morgan fingerprint density at radius 1 is 1.24 bits per heavy atom. The van der Waals surface area contributed by atoms with Crippen molar-refractivity contribution in [1.29, 1.82) is 0 Å². The van der Waals surface area contributed by atoms with Crippen molar-refractivity contribution in [2.75, 3.05) is 14.2 Å². The van der Waals surface area contributed by atoms with Crippen LogP contribution in [0.1, 0.15) is 23.7 Å². The quantitative estimate of drug-likeness (QED) is 0.622. The third-order valence-electron chi connectivity index (χ3n) is 2.21. The average Bonchev–Trinajstić information content (AvgIpc) is 2.27. The third kappa shape index (κ3) is 2.75. The van der Waals surface area contributed by atoms with Crippen LogP contribution in [0.15, 0.2) is 12.1 Å². The van der Waals surface area contributed by atoms with Crippen molar-refractivity contribution in [3.8, 4) is 17.2 Å². The highest BCUT2D eigenvalue weighted by Crippen LogP contribution is 2.37. The number of carbonyl (C=O) groups excluding carboxylic acids is 2. The molecule has 1 aromatic carbocycles. The van der Waals surface area contributed by atoms with Crippen LogP contribution in [0.4, 0.5) is 0 Å². The number of carbonyl (C=O) groups is 2. The summed E-state index contributed by atoms with van der Waals surface area (Å²) in [6.07, 6.45) is -0.281. The molecule has 0 amide bonds. The number of phenols is 1. The molecule has 92 valence electrons. The fourth-order valence-electron chi connectivity index (χ4n) is 1.50. The van der Waals surface area contributed by atoms with Crippen molar-refractivity contribution in [1.82, 2.24) is 0 Å². The molecule has 0 aromatic heterocycles. The van der Waals surface area contributed by atoms with Crippen molar-refractivity contribution in [3.63, 3.8) is 0 Å². The predicted molar refractivity (Wildman–Crippen MR) is 60.8 cm³/mol. The third-order valence-corrected chi connectivity index (χ3v) is 2.21. The highest BCUT2D eigenvalue weighted by atomic mass is 16.5. The molecule has 0 heterocycles. The summed E-state index contributed by atoms with van der Waals surface area (Å²) in [6.45, 7) is 1.31. The lowest BCUT2D eigenvalue weighted by Crippen LogP contribution is -2.08. The zero-order valence-electron chi connectivity index (χ0n) is 9.94. The van der Waals surface area contributed by atoms with Gasteiger partial charge in [0.05, 0.1) is 20.6 Å². The molecule has 1 aromatic rings. The minimum absolute atomic E-state index is 0.0259. The molecule has 5 heteroatoms. The van der Waals surface area contributed by atoms with Crippen LogP contribution in [0.25, 0.3) is 0 Å². The van der Waals surface area contributed by atoms with Gasteiger partial charge in [-0.1, -0.05) is 0 Å². The average molecular weight is 238 g/mol. The smallest absolute Gasteiger partial charge is 0.177 e. The Kier molecular flexibility index (Phi) is 4.09. The van der Waals surface area contributed by atoms with Gasteiger partial charge in [0.25, 0.3) is 0 Å². The van der Waals surface area contributed by atoms with Gasteiger partial charge >= 0.3 is 0 Å². The summed E-state index contributed by atoms with van der Waals surface area (Å²) in [5.74, 6) is -0.533. The summed E-state index contributed by atoms with van der Waals surface area (Å²) in [7, 11) is 2.79. The number of ketones is 2. The molecule has 0 radical (unpaired) electrons. The first-order valence-electron chi connectivity index (χ1n) is 4.97. The van der Waals surface area contributed by atoms with Crippen molar-refractivity contribution in [3.05, 3.63) is 17.7 Å². The zero-order valence-corrected chi connectivity index (χ0v) is 9.94. The molecule has 0 atom stereocenters. The maximum atomic E-state index is 11.8. The predicted octanol–water partition coefficient (Wildman–Crippen LogP) is 1.57. The van der Waals surface area contributed by atoms with E-state index in [-0.39, 0.29) is 29.3 Å². The van der Waals surface area contributed by atoms with Gasteiger partial charge < -0.3 is 14.6 Å². The zero-order chi connectivity index (χ0) is 13.0. The van der Waals surface area contributed by atoms with E-state index in [4.69, 9.17) is 9.47 Å². The Hall–Kier alpha value is -2.04. The molecule has 0 spiro atoms. The number of hydrogen-bond donors (Lipinski definition) is 1. The summed E-state index contributed by atoms with van der Waals surface area (Å²) in [5, 5.41) is 9.66. The normalized spacial score (nSPS) is 9.82. The van der Waals surface area contributed by atoms with E-state index in [0.29, 0.717) is 5.75 Å². The standard InChI is InChI=1S/C12H14O5/c1-7(13)6-9(15)11-8(14)4-5-10(16-2)12(11)17-3/h4-5,14H,6H2,1-3H3. The van der Waals surface area contributed by atoms with Crippen molar-refractivity contribution < 1.29 is 24.2 Å². The van der Waals surface area contributed by atoms with Crippen molar-refractivity contribution in [2.45, 2.75) is 13.3 Å². The molecule has 0 bridgehead atoms. The Morgan fingerprint density at radius 2 is 1.88 bits per heavy atom. The van der Waals surface area contributed by atoms with Crippen molar-refractivity contribution in [2.24, 2.45) is 0 Å². The molecule has 0 fully saturated rings. The molecule has 0 saturated heterocycles. The number of rotatable bonds is 5. The summed E-state index contributed by atoms with van der Waals surface area (Å²) in [5.41, 5.74) is -0.0259. The van der Waals surface area contributed by atoms with Crippen LogP contribution in [0.2, 0.25) is 0 Å². The molecule has 0 saturated carbocycles. The second-order valence-electron chi connectivity index (χ2n) is 3.50. The van der Waals surface area contributed by atoms with Gasteiger partial charge in [0.2, 0.25) is 0 Å². The van der Waals surface area contributed by atoms with Crippen molar-refractivity contribution >= 4 is 11.6 Å². The van der Waals surface area contributed by atoms with E-state index < -0.39 is 5.78 Å². The van der Waals surface area contributed by atoms with E-state index in [9.17, 15) is 14.7 Å². The molecule has 5 nitrogen and oxygen atoms in total. The van der Waals surface area contributed by atoms with Gasteiger partial charge in [-0.3, -0.25) is 9.59 Å². The van der Waals surface area contributed by atoms with E-state index in [0.717, 1.165) is 0 Å². The largest absolute Gasteiger partial charge is 0.507 e. The topological polar surface area (TPSA) is 72.8 Å². The second kappa shape index (κ2) is 5.34. The first kappa shape index (κ1) is 13.0. The lowest BCUT2D eigenvalue weighted by molar-refractivity contribution is -0.116. The van der Waals surface area contributed by atoms with Gasteiger partial charge in [0.1, 0.15) is 17.1 Å². The van der Waals surface area contributed by atoms with Crippen LogP contribution >= 0.6 is 0 Å². The van der Waals surface area contributed by atoms with Crippen LogP contribution in [0, 0.1) is 0 Å². The van der Waals surface area contributed by atoms with E-state index in [2.05, 4.69) is 0 Å². The molecule has 1 N–H and O–H groups in total. The van der Waals surface area contributed by atoms with Crippen LogP contribution < -0.4 is 9.47 Å². The van der Waals surface area contributed by atoms with E-state index in [1.807, 2.05) is 0 Å². The summed E-state index contributed by atoms with van der Waals surface area (Å²) < 4.78 is 10.0. The lowest BCUT2D eigenvalue weighted by Gasteiger charge is -2.12. The van der Waals surface area contributed by atoms with E-state index >= 15 is 0 Å². The monoisotopic (exact) mass is 238 g/mol. The molecule has 1 rings (SSSR count). The number of Topliss-reactive ketones (excluding diaryl/α,β-unsaturated/α-hetero) is 2. The number of hydrogen-bond acceptors (Lipinski definition) is 5. The highest BCUT2D eigenvalue weighted by molar-refractivity contribution is 6.10. The second-order valence-corrected chi connectivity index (χ2v) is 3.50. The number of benzene rings is 1. The first-order chi connectivity index (χ1) is 8.01. The van der Waals surface area contributed by atoms with Crippen LogP contribution in [0.5, 0.6) is 17.2 Å². The Bertz CT molecular complexity index is 450. The Labute approximate surface area is 99.0 Å². The summed E-state index contributed by atoms with van der Waals surface area (Å²) in [6, 6.07) is 2.81. The Morgan fingerprint density at radius 3 is 2.35 bits per heavy atom. The van der Waals surface area contributed by atoms with Gasteiger partial charge in [-0.25, -0.2) is 0 Å². The fourth-order valence-corrected chi connectivity index (χ4v) is 1.50.